The van der Waals surface area contributed by atoms with Crippen molar-refractivity contribution in [3.63, 3.8) is 0 Å². The summed E-state index contributed by atoms with van der Waals surface area (Å²) in [5.74, 6) is 1.76. The molecule has 0 N–H and O–H groups in total. The van der Waals surface area contributed by atoms with E-state index in [9.17, 15) is 0 Å². The van der Waals surface area contributed by atoms with Gasteiger partial charge in [-0.05, 0) is 24.3 Å². The third-order valence-electron chi connectivity index (χ3n) is 3.04. The van der Waals surface area contributed by atoms with E-state index in [4.69, 9.17) is 16.3 Å². The Morgan fingerprint density at radius 3 is 2.50 bits per heavy atom. The van der Waals surface area contributed by atoms with E-state index in [1.165, 1.54) is 23.6 Å². The van der Waals surface area contributed by atoms with E-state index < -0.39 is 0 Å². The number of alkyl halides is 1. The highest BCUT2D eigenvalue weighted by molar-refractivity contribution is 6.17. The topological polar surface area (TPSA) is 9.23 Å². The summed E-state index contributed by atoms with van der Waals surface area (Å²) >= 11 is 5.64. The van der Waals surface area contributed by atoms with Crippen LogP contribution in [-0.4, -0.2) is 12.5 Å². The predicted molar refractivity (Wildman–Crippen MR) is 78.6 cm³/mol. The fourth-order valence-corrected chi connectivity index (χ4v) is 2.24. The monoisotopic (exact) mass is 262 g/mol. The summed E-state index contributed by atoms with van der Waals surface area (Å²) in [5, 5.41) is 2.43. The van der Waals surface area contributed by atoms with Gasteiger partial charge in [0, 0.05) is 11.3 Å². The van der Waals surface area contributed by atoms with Crippen molar-refractivity contribution in [1.82, 2.24) is 0 Å². The molecule has 2 heteroatoms. The first-order valence-electron chi connectivity index (χ1n) is 6.58. The molecule has 0 amide bonds. The lowest BCUT2D eigenvalue weighted by atomic mass is 10.1. The predicted octanol–water partition coefficient (Wildman–Crippen LogP) is 5.02. The van der Waals surface area contributed by atoms with Gasteiger partial charge in [0.1, 0.15) is 5.75 Å². The van der Waals surface area contributed by atoms with Crippen LogP contribution in [0.25, 0.3) is 10.8 Å². The van der Waals surface area contributed by atoms with Crippen molar-refractivity contribution < 1.29 is 4.74 Å². The molecule has 0 heterocycles. The average Bonchev–Trinajstić information content (AvgIpc) is 2.43. The molecule has 0 atom stereocenters. The van der Waals surface area contributed by atoms with Gasteiger partial charge >= 0.3 is 0 Å². The van der Waals surface area contributed by atoms with Crippen LogP contribution in [0.15, 0.2) is 42.5 Å². The molecule has 0 saturated carbocycles. The van der Waals surface area contributed by atoms with Gasteiger partial charge in [0.05, 0.1) is 6.61 Å². The zero-order valence-corrected chi connectivity index (χ0v) is 11.3. The number of rotatable bonds is 7. The standard InChI is InChI=1S/C16H19ClO/c17-12-5-1-2-6-13-18-16-11-7-9-14-8-3-4-10-15(14)16/h3-4,7-11H,1-2,5-6,12-13H2. The van der Waals surface area contributed by atoms with Crippen LogP contribution in [0.4, 0.5) is 0 Å². The zero-order chi connectivity index (χ0) is 12.6. The number of hydrogen-bond donors (Lipinski definition) is 0. The molecule has 2 aromatic carbocycles. The summed E-state index contributed by atoms with van der Waals surface area (Å²) in [6.07, 6.45) is 4.59. The molecule has 0 aliphatic carbocycles. The van der Waals surface area contributed by atoms with Crippen molar-refractivity contribution in [1.29, 1.82) is 0 Å². The van der Waals surface area contributed by atoms with Gasteiger partial charge in [-0.15, -0.1) is 11.6 Å². The van der Waals surface area contributed by atoms with Crippen LogP contribution in [-0.2, 0) is 0 Å². The lowest BCUT2D eigenvalue weighted by Crippen LogP contribution is -1.97. The first-order chi connectivity index (χ1) is 8.92. The molecule has 0 spiro atoms. The number of halogens is 1. The third-order valence-corrected chi connectivity index (χ3v) is 3.30. The van der Waals surface area contributed by atoms with E-state index in [0.29, 0.717) is 0 Å². The van der Waals surface area contributed by atoms with E-state index in [1.54, 1.807) is 0 Å². The van der Waals surface area contributed by atoms with Crippen molar-refractivity contribution in [3.05, 3.63) is 42.5 Å². The molecule has 0 bridgehead atoms. The van der Waals surface area contributed by atoms with Gasteiger partial charge in [0.15, 0.2) is 0 Å². The maximum Gasteiger partial charge on any atom is 0.127 e. The number of ether oxygens (including phenoxy) is 1. The normalized spacial score (nSPS) is 10.7. The molecule has 0 aliphatic rings. The van der Waals surface area contributed by atoms with Crippen molar-refractivity contribution >= 4 is 22.4 Å². The van der Waals surface area contributed by atoms with Crippen LogP contribution in [0.1, 0.15) is 25.7 Å². The second kappa shape index (κ2) is 7.27. The Balaban J connectivity index is 1.88. The molecular formula is C16H19ClO. The van der Waals surface area contributed by atoms with Crippen LogP contribution >= 0.6 is 11.6 Å². The molecule has 0 saturated heterocycles. The Labute approximate surface area is 114 Å². The molecule has 0 fully saturated rings. The first-order valence-corrected chi connectivity index (χ1v) is 7.12. The summed E-state index contributed by atoms with van der Waals surface area (Å²) < 4.78 is 5.87. The van der Waals surface area contributed by atoms with Crippen molar-refractivity contribution in [3.8, 4) is 5.75 Å². The largest absolute Gasteiger partial charge is 0.493 e. The van der Waals surface area contributed by atoms with E-state index in [0.717, 1.165) is 31.1 Å². The van der Waals surface area contributed by atoms with E-state index in [-0.39, 0.29) is 0 Å². The van der Waals surface area contributed by atoms with Gasteiger partial charge in [-0.2, -0.15) is 0 Å². The minimum atomic E-state index is 0.768. The lowest BCUT2D eigenvalue weighted by molar-refractivity contribution is 0.308. The molecular weight excluding hydrogens is 244 g/mol. The number of benzene rings is 2. The molecule has 2 aromatic rings. The molecule has 96 valence electrons. The Morgan fingerprint density at radius 2 is 1.61 bits per heavy atom. The van der Waals surface area contributed by atoms with Gasteiger partial charge < -0.3 is 4.74 Å². The molecule has 0 unspecified atom stereocenters. The third kappa shape index (κ3) is 3.64. The van der Waals surface area contributed by atoms with E-state index >= 15 is 0 Å². The van der Waals surface area contributed by atoms with Gasteiger partial charge in [-0.3, -0.25) is 0 Å². The number of hydrogen-bond acceptors (Lipinski definition) is 1. The molecule has 0 aliphatic heterocycles. The van der Waals surface area contributed by atoms with Crippen molar-refractivity contribution in [2.45, 2.75) is 25.7 Å². The smallest absolute Gasteiger partial charge is 0.127 e. The summed E-state index contributed by atoms with van der Waals surface area (Å²) in [4.78, 5) is 0. The highest BCUT2D eigenvalue weighted by Crippen LogP contribution is 2.25. The highest BCUT2D eigenvalue weighted by atomic mass is 35.5. The minimum Gasteiger partial charge on any atom is -0.493 e. The maximum absolute atomic E-state index is 5.87. The zero-order valence-electron chi connectivity index (χ0n) is 10.6. The second-order valence-corrected chi connectivity index (χ2v) is 4.81. The SMILES string of the molecule is ClCCCCCCOc1cccc2ccccc12. The molecule has 18 heavy (non-hydrogen) atoms. The van der Waals surface area contributed by atoms with Gasteiger partial charge in [0.25, 0.3) is 0 Å². The first kappa shape index (κ1) is 13.2. The quantitative estimate of drug-likeness (QED) is 0.503. The minimum absolute atomic E-state index is 0.768. The van der Waals surface area contributed by atoms with E-state index in [1.807, 2.05) is 12.1 Å². The van der Waals surface area contributed by atoms with Crippen LogP contribution < -0.4 is 4.74 Å². The fraction of sp³-hybridized carbons (Fsp3) is 0.375. The van der Waals surface area contributed by atoms with Crippen molar-refractivity contribution in [2.24, 2.45) is 0 Å². The summed E-state index contributed by atoms with van der Waals surface area (Å²) in [5.41, 5.74) is 0. The molecule has 0 radical (unpaired) electrons. The van der Waals surface area contributed by atoms with Gasteiger partial charge in [-0.1, -0.05) is 49.2 Å². The number of unbranched alkanes of at least 4 members (excludes halogenated alkanes) is 3. The summed E-state index contributed by atoms with van der Waals surface area (Å²) in [7, 11) is 0. The van der Waals surface area contributed by atoms with Gasteiger partial charge in [0.2, 0.25) is 0 Å². The molecule has 1 nitrogen and oxygen atoms in total. The van der Waals surface area contributed by atoms with Crippen LogP contribution in [0.2, 0.25) is 0 Å². The average molecular weight is 263 g/mol. The molecule has 2 rings (SSSR count). The van der Waals surface area contributed by atoms with Crippen LogP contribution in [0.3, 0.4) is 0 Å². The second-order valence-electron chi connectivity index (χ2n) is 4.43. The Morgan fingerprint density at radius 1 is 0.833 bits per heavy atom. The van der Waals surface area contributed by atoms with Gasteiger partial charge in [-0.25, -0.2) is 0 Å². The van der Waals surface area contributed by atoms with E-state index in [2.05, 4.69) is 30.3 Å². The molecule has 0 aromatic heterocycles. The maximum atomic E-state index is 5.87. The Hall–Kier alpha value is -1.21. The Bertz CT molecular complexity index is 476. The number of fused-ring (bicyclic) bond motifs is 1. The fourth-order valence-electron chi connectivity index (χ4n) is 2.05. The lowest BCUT2D eigenvalue weighted by Gasteiger charge is -2.09. The van der Waals surface area contributed by atoms with Crippen molar-refractivity contribution in [2.75, 3.05) is 12.5 Å². The summed E-state index contributed by atoms with van der Waals surface area (Å²) in [6.45, 7) is 0.788. The van der Waals surface area contributed by atoms with Crippen LogP contribution in [0.5, 0.6) is 5.75 Å². The Kier molecular flexibility index (Phi) is 5.35. The highest BCUT2D eigenvalue weighted by Gasteiger charge is 2.00. The van der Waals surface area contributed by atoms with Crippen LogP contribution in [0, 0.1) is 0 Å². The summed E-state index contributed by atoms with van der Waals surface area (Å²) in [6, 6.07) is 14.5.